The number of hydrogen-bond donors (Lipinski definition) is 2. The van der Waals surface area contributed by atoms with Crippen molar-refractivity contribution in [1.82, 2.24) is 5.32 Å². The molecular formula is C12H22N2O. The fraction of sp³-hybridized carbons (Fsp3) is 0.917. The third-order valence-corrected chi connectivity index (χ3v) is 3.96. The Morgan fingerprint density at radius 2 is 1.93 bits per heavy atom. The van der Waals surface area contributed by atoms with Crippen molar-refractivity contribution in [3.8, 4) is 0 Å². The molecule has 0 aromatic carbocycles. The largest absolute Gasteiger partial charge is 0.352 e. The van der Waals surface area contributed by atoms with E-state index in [-0.39, 0.29) is 5.91 Å². The van der Waals surface area contributed by atoms with E-state index in [9.17, 15) is 4.79 Å². The maximum absolute atomic E-state index is 11.7. The second kappa shape index (κ2) is 4.12. The fourth-order valence-electron chi connectivity index (χ4n) is 2.46. The van der Waals surface area contributed by atoms with Crippen LogP contribution in [0.3, 0.4) is 0 Å². The lowest BCUT2D eigenvalue weighted by Crippen LogP contribution is -2.48. The summed E-state index contributed by atoms with van der Waals surface area (Å²) in [7, 11) is 0. The highest BCUT2D eigenvalue weighted by atomic mass is 16.2. The SMILES string of the molecule is C[C@H](NC(=O)C1(N)CC1)C1CCCCC1. The predicted molar refractivity (Wildman–Crippen MR) is 60.3 cm³/mol. The third-order valence-electron chi connectivity index (χ3n) is 3.96. The Balaban J connectivity index is 1.80. The molecule has 2 rings (SSSR count). The number of nitrogens with two attached hydrogens (primary N) is 1. The Labute approximate surface area is 91.8 Å². The maximum Gasteiger partial charge on any atom is 0.240 e. The van der Waals surface area contributed by atoms with Gasteiger partial charge in [0, 0.05) is 6.04 Å². The standard InChI is InChI=1S/C12H22N2O/c1-9(10-5-3-2-4-6-10)14-11(15)12(13)7-8-12/h9-10H,2-8,13H2,1H3,(H,14,15)/t9-/m0/s1. The number of carbonyl (C=O) groups is 1. The molecule has 2 fully saturated rings. The normalized spacial score (nSPS) is 27.1. The molecule has 0 heterocycles. The Morgan fingerprint density at radius 3 is 2.47 bits per heavy atom. The molecular weight excluding hydrogens is 188 g/mol. The number of nitrogens with one attached hydrogen (secondary N) is 1. The lowest BCUT2D eigenvalue weighted by Gasteiger charge is -2.29. The summed E-state index contributed by atoms with van der Waals surface area (Å²) in [6, 6.07) is 0.304. The molecule has 0 spiro atoms. The molecule has 2 aliphatic rings. The molecule has 0 aromatic heterocycles. The van der Waals surface area contributed by atoms with E-state index >= 15 is 0 Å². The van der Waals surface area contributed by atoms with Gasteiger partial charge in [0.05, 0.1) is 5.54 Å². The topological polar surface area (TPSA) is 55.1 Å². The van der Waals surface area contributed by atoms with Crippen LogP contribution >= 0.6 is 0 Å². The minimum absolute atomic E-state index is 0.0700. The van der Waals surface area contributed by atoms with Crippen LogP contribution in [0, 0.1) is 5.92 Å². The molecule has 3 nitrogen and oxygen atoms in total. The van der Waals surface area contributed by atoms with Crippen molar-refractivity contribution in [2.75, 3.05) is 0 Å². The molecule has 1 atom stereocenters. The summed E-state index contributed by atoms with van der Waals surface area (Å²) in [5, 5.41) is 3.09. The Kier molecular flexibility index (Phi) is 3.01. The van der Waals surface area contributed by atoms with Crippen molar-refractivity contribution >= 4 is 5.91 Å². The van der Waals surface area contributed by atoms with Crippen LogP contribution in [0.4, 0.5) is 0 Å². The fourth-order valence-corrected chi connectivity index (χ4v) is 2.46. The smallest absolute Gasteiger partial charge is 0.240 e. The molecule has 2 aliphatic carbocycles. The predicted octanol–water partition coefficient (Wildman–Crippen LogP) is 1.56. The van der Waals surface area contributed by atoms with Gasteiger partial charge in [0.1, 0.15) is 0 Å². The zero-order valence-electron chi connectivity index (χ0n) is 9.59. The molecule has 0 aromatic rings. The average Bonchev–Trinajstić information content (AvgIpc) is 2.99. The van der Waals surface area contributed by atoms with Crippen molar-refractivity contribution in [3.63, 3.8) is 0 Å². The summed E-state index contributed by atoms with van der Waals surface area (Å²) in [5.41, 5.74) is 5.34. The van der Waals surface area contributed by atoms with E-state index in [0.717, 1.165) is 12.8 Å². The molecule has 0 unspecified atom stereocenters. The summed E-state index contributed by atoms with van der Waals surface area (Å²) in [5.74, 6) is 0.741. The van der Waals surface area contributed by atoms with Gasteiger partial charge in [-0.25, -0.2) is 0 Å². The summed E-state index contributed by atoms with van der Waals surface area (Å²) in [4.78, 5) is 11.7. The minimum atomic E-state index is -0.511. The maximum atomic E-state index is 11.7. The zero-order chi connectivity index (χ0) is 10.9. The van der Waals surface area contributed by atoms with Crippen LogP contribution in [-0.4, -0.2) is 17.5 Å². The quantitative estimate of drug-likeness (QED) is 0.742. The molecule has 0 bridgehead atoms. The van der Waals surface area contributed by atoms with E-state index in [4.69, 9.17) is 5.73 Å². The highest BCUT2D eigenvalue weighted by Crippen LogP contribution is 2.33. The summed E-state index contributed by atoms with van der Waals surface area (Å²) < 4.78 is 0. The molecule has 2 saturated carbocycles. The van der Waals surface area contributed by atoms with E-state index < -0.39 is 5.54 Å². The van der Waals surface area contributed by atoms with Crippen molar-refractivity contribution in [2.24, 2.45) is 11.7 Å². The van der Waals surface area contributed by atoms with Gasteiger partial charge in [-0.15, -0.1) is 0 Å². The second-order valence-electron chi connectivity index (χ2n) is 5.32. The molecule has 3 heteroatoms. The first-order valence-corrected chi connectivity index (χ1v) is 6.22. The van der Waals surface area contributed by atoms with Crippen molar-refractivity contribution in [1.29, 1.82) is 0 Å². The van der Waals surface area contributed by atoms with Gasteiger partial charge in [0.2, 0.25) is 5.91 Å². The third kappa shape index (κ3) is 2.51. The summed E-state index contributed by atoms with van der Waals surface area (Å²) in [6.07, 6.45) is 8.24. The average molecular weight is 210 g/mol. The zero-order valence-corrected chi connectivity index (χ0v) is 9.59. The van der Waals surface area contributed by atoms with Crippen molar-refractivity contribution < 1.29 is 4.79 Å². The van der Waals surface area contributed by atoms with Gasteiger partial charge in [0.15, 0.2) is 0 Å². The first kappa shape index (κ1) is 10.9. The van der Waals surface area contributed by atoms with Crippen LogP contribution in [0.25, 0.3) is 0 Å². The van der Waals surface area contributed by atoms with Crippen LogP contribution in [0.2, 0.25) is 0 Å². The molecule has 1 amide bonds. The van der Waals surface area contributed by atoms with Gasteiger partial charge < -0.3 is 11.1 Å². The van der Waals surface area contributed by atoms with Gasteiger partial charge in [0.25, 0.3) is 0 Å². The van der Waals surface area contributed by atoms with Crippen LogP contribution in [0.5, 0.6) is 0 Å². The van der Waals surface area contributed by atoms with Crippen LogP contribution in [0.15, 0.2) is 0 Å². The Bertz CT molecular complexity index is 242. The monoisotopic (exact) mass is 210 g/mol. The molecule has 86 valence electrons. The number of hydrogen-bond acceptors (Lipinski definition) is 2. The van der Waals surface area contributed by atoms with Gasteiger partial charge >= 0.3 is 0 Å². The Morgan fingerprint density at radius 1 is 1.33 bits per heavy atom. The van der Waals surface area contributed by atoms with E-state index in [0.29, 0.717) is 12.0 Å². The van der Waals surface area contributed by atoms with Crippen molar-refractivity contribution in [3.05, 3.63) is 0 Å². The molecule has 0 aliphatic heterocycles. The van der Waals surface area contributed by atoms with Gasteiger partial charge in [-0.1, -0.05) is 19.3 Å². The van der Waals surface area contributed by atoms with Crippen molar-refractivity contribution in [2.45, 2.75) is 63.5 Å². The summed E-state index contributed by atoms with van der Waals surface area (Å²) >= 11 is 0. The molecule has 3 N–H and O–H groups in total. The number of carbonyl (C=O) groups excluding carboxylic acids is 1. The number of rotatable bonds is 3. The lowest BCUT2D eigenvalue weighted by atomic mass is 9.84. The highest BCUT2D eigenvalue weighted by molar-refractivity contribution is 5.89. The Hall–Kier alpha value is -0.570. The first-order valence-electron chi connectivity index (χ1n) is 6.22. The molecule has 0 radical (unpaired) electrons. The second-order valence-corrected chi connectivity index (χ2v) is 5.32. The number of amides is 1. The minimum Gasteiger partial charge on any atom is -0.352 e. The molecule has 0 saturated heterocycles. The van der Waals surface area contributed by atoms with E-state index in [1.807, 2.05) is 0 Å². The van der Waals surface area contributed by atoms with Gasteiger partial charge in [-0.3, -0.25) is 4.79 Å². The van der Waals surface area contributed by atoms with Crippen LogP contribution in [0.1, 0.15) is 51.9 Å². The van der Waals surface area contributed by atoms with Gasteiger partial charge in [-0.05, 0) is 38.5 Å². The van der Waals surface area contributed by atoms with E-state index in [2.05, 4.69) is 12.2 Å². The van der Waals surface area contributed by atoms with Crippen LogP contribution < -0.4 is 11.1 Å². The first-order chi connectivity index (χ1) is 7.12. The van der Waals surface area contributed by atoms with E-state index in [1.165, 1.54) is 32.1 Å². The molecule has 15 heavy (non-hydrogen) atoms. The lowest BCUT2D eigenvalue weighted by molar-refractivity contribution is -0.124. The van der Waals surface area contributed by atoms with E-state index in [1.54, 1.807) is 0 Å². The summed E-state index contributed by atoms with van der Waals surface area (Å²) in [6.45, 7) is 2.12. The van der Waals surface area contributed by atoms with Gasteiger partial charge in [-0.2, -0.15) is 0 Å². The highest BCUT2D eigenvalue weighted by Gasteiger charge is 2.46. The van der Waals surface area contributed by atoms with Crippen LogP contribution in [-0.2, 0) is 4.79 Å².